The fourth-order valence-electron chi connectivity index (χ4n) is 2.06. The van der Waals surface area contributed by atoms with Gasteiger partial charge in [-0.3, -0.25) is 0 Å². The Morgan fingerprint density at radius 2 is 2.18 bits per heavy atom. The van der Waals surface area contributed by atoms with Crippen molar-refractivity contribution in [2.24, 2.45) is 0 Å². The summed E-state index contributed by atoms with van der Waals surface area (Å²) in [5.41, 5.74) is 5.07. The molecule has 1 aliphatic carbocycles. The average molecular weight is 227 g/mol. The molecule has 0 radical (unpaired) electrons. The lowest BCUT2D eigenvalue weighted by Gasteiger charge is -2.08. The summed E-state index contributed by atoms with van der Waals surface area (Å²) in [6.45, 7) is 3.11. The summed E-state index contributed by atoms with van der Waals surface area (Å²) >= 11 is 0. The van der Waals surface area contributed by atoms with Crippen LogP contribution in [0.4, 0.5) is 0 Å². The topological polar surface area (TPSA) is 25.2 Å². The largest absolute Gasteiger partial charge is 0.472 e. The summed E-state index contributed by atoms with van der Waals surface area (Å²) in [4.78, 5) is 0. The van der Waals surface area contributed by atoms with Crippen molar-refractivity contribution in [1.82, 2.24) is 5.32 Å². The Hall–Kier alpha value is -1.54. The smallest absolute Gasteiger partial charge is 0.0981 e. The van der Waals surface area contributed by atoms with Crippen molar-refractivity contribution in [3.8, 4) is 11.1 Å². The minimum atomic E-state index is 0.758. The van der Waals surface area contributed by atoms with Crippen molar-refractivity contribution < 1.29 is 4.42 Å². The molecule has 2 heteroatoms. The van der Waals surface area contributed by atoms with Gasteiger partial charge in [0.1, 0.15) is 0 Å². The average Bonchev–Trinajstić information content (AvgIpc) is 3.01. The normalized spacial score (nSPS) is 15.1. The Labute approximate surface area is 102 Å². The standard InChI is InChI=1S/C15H17NO/c1-11-2-3-12(9-16-14-4-5-14)8-15(11)13-6-7-17-10-13/h2-3,6-8,10,14,16H,4-5,9H2,1H3. The first kappa shape index (κ1) is 10.6. The first-order valence-corrected chi connectivity index (χ1v) is 6.18. The Balaban J connectivity index is 1.83. The van der Waals surface area contributed by atoms with Crippen LogP contribution in [0.5, 0.6) is 0 Å². The number of aryl methyl sites for hydroxylation is 1. The van der Waals surface area contributed by atoms with E-state index in [1.807, 2.05) is 6.07 Å². The lowest BCUT2D eigenvalue weighted by molar-refractivity contribution is 0.568. The lowest BCUT2D eigenvalue weighted by Crippen LogP contribution is -2.15. The monoisotopic (exact) mass is 227 g/mol. The zero-order valence-corrected chi connectivity index (χ0v) is 10.1. The Morgan fingerprint density at radius 3 is 2.88 bits per heavy atom. The van der Waals surface area contributed by atoms with E-state index in [0.717, 1.165) is 18.2 Å². The van der Waals surface area contributed by atoms with Gasteiger partial charge in [-0.25, -0.2) is 0 Å². The van der Waals surface area contributed by atoms with Crippen LogP contribution >= 0.6 is 0 Å². The number of nitrogens with one attached hydrogen (secondary N) is 1. The third kappa shape index (κ3) is 2.42. The zero-order valence-electron chi connectivity index (χ0n) is 10.1. The van der Waals surface area contributed by atoms with Crippen molar-refractivity contribution in [3.05, 3.63) is 47.9 Å². The Kier molecular flexibility index (Phi) is 2.73. The van der Waals surface area contributed by atoms with Gasteiger partial charge in [0, 0.05) is 18.2 Å². The summed E-state index contributed by atoms with van der Waals surface area (Å²) in [5.74, 6) is 0. The van der Waals surface area contributed by atoms with Crippen LogP contribution in [0.25, 0.3) is 11.1 Å². The first-order valence-electron chi connectivity index (χ1n) is 6.18. The van der Waals surface area contributed by atoms with E-state index in [-0.39, 0.29) is 0 Å². The van der Waals surface area contributed by atoms with Gasteiger partial charge in [-0.05, 0) is 48.6 Å². The van der Waals surface area contributed by atoms with Crippen LogP contribution in [0.15, 0.2) is 41.2 Å². The van der Waals surface area contributed by atoms with E-state index in [2.05, 4.69) is 30.4 Å². The third-order valence-corrected chi connectivity index (χ3v) is 3.31. The second-order valence-corrected chi connectivity index (χ2v) is 4.82. The minimum absolute atomic E-state index is 0.758. The molecule has 0 aliphatic heterocycles. The number of rotatable bonds is 4. The molecule has 2 aromatic rings. The van der Waals surface area contributed by atoms with E-state index in [1.54, 1.807) is 12.5 Å². The summed E-state index contributed by atoms with van der Waals surface area (Å²) in [7, 11) is 0. The summed E-state index contributed by atoms with van der Waals surface area (Å²) in [5, 5.41) is 3.54. The molecule has 0 bridgehead atoms. The maximum Gasteiger partial charge on any atom is 0.0981 e. The molecule has 1 aromatic heterocycles. The molecule has 1 aromatic carbocycles. The van der Waals surface area contributed by atoms with Crippen LogP contribution < -0.4 is 5.32 Å². The number of hydrogen-bond acceptors (Lipinski definition) is 2. The molecule has 1 saturated carbocycles. The second kappa shape index (κ2) is 4.38. The molecule has 0 atom stereocenters. The van der Waals surface area contributed by atoms with E-state index in [4.69, 9.17) is 4.42 Å². The van der Waals surface area contributed by atoms with Gasteiger partial charge in [-0.15, -0.1) is 0 Å². The van der Waals surface area contributed by atoms with Crippen molar-refractivity contribution in [1.29, 1.82) is 0 Å². The zero-order chi connectivity index (χ0) is 11.7. The van der Waals surface area contributed by atoms with Gasteiger partial charge in [0.05, 0.1) is 12.5 Å². The number of hydrogen-bond donors (Lipinski definition) is 1. The molecule has 0 unspecified atom stereocenters. The molecule has 17 heavy (non-hydrogen) atoms. The highest BCUT2D eigenvalue weighted by Crippen LogP contribution is 2.25. The van der Waals surface area contributed by atoms with E-state index in [0.29, 0.717) is 0 Å². The molecule has 1 fully saturated rings. The van der Waals surface area contributed by atoms with Crippen molar-refractivity contribution >= 4 is 0 Å². The second-order valence-electron chi connectivity index (χ2n) is 4.82. The van der Waals surface area contributed by atoms with Gasteiger partial charge >= 0.3 is 0 Å². The Morgan fingerprint density at radius 1 is 1.29 bits per heavy atom. The van der Waals surface area contributed by atoms with Crippen LogP contribution in [-0.4, -0.2) is 6.04 Å². The molecular weight excluding hydrogens is 210 g/mol. The van der Waals surface area contributed by atoms with Gasteiger partial charge in [0.2, 0.25) is 0 Å². The van der Waals surface area contributed by atoms with Crippen molar-refractivity contribution in [2.75, 3.05) is 0 Å². The first-order chi connectivity index (χ1) is 8.33. The Bertz CT molecular complexity index is 498. The van der Waals surface area contributed by atoms with Gasteiger partial charge in [0.15, 0.2) is 0 Å². The van der Waals surface area contributed by atoms with E-state index in [1.165, 1.54) is 29.5 Å². The maximum atomic E-state index is 5.16. The highest BCUT2D eigenvalue weighted by Gasteiger charge is 2.19. The molecule has 1 heterocycles. The molecule has 0 spiro atoms. The highest BCUT2D eigenvalue weighted by atomic mass is 16.3. The molecule has 3 rings (SSSR count). The van der Waals surface area contributed by atoms with Gasteiger partial charge in [-0.2, -0.15) is 0 Å². The van der Waals surface area contributed by atoms with Crippen molar-refractivity contribution in [2.45, 2.75) is 32.4 Å². The van der Waals surface area contributed by atoms with E-state index >= 15 is 0 Å². The molecule has 1 aliphatic rings. The predicted octanol–water partition coefficient (Wildman–Crippen LogP) is 3.51. The highest BCUT2D eigenvalue weighted by molar-refractivity contribution is 5.66. The van der Waals surface area contributed by atoms with Gasteiger partial charge in [0.25, 0.3) is 0 Å². The number of furan rings is 1. The summed E-state index contributed by atoms with van der Waals surface area (Å²) in [6, 6.07) is 9.42. The van der Waals surface area contributed by atoms with E-state index < -0.39 is 0 Å². The van der Waals surface area contributed by atoms with Crippen molar-refractivity contribution in [3.63, 3.8) is 0 Å². The maximum absolute atomic E-state index is 5.16. The molecule has 2 nitrogen and oxygen atoms in total. The molecule has 0 saturated heterocycles. The quantitative estimate of drug-likeness (QED) is 0.864. The van der Waals surface area contributed by atoms with Crippen LogP contribution in [-0.2, 0) is 6.54 Å². The summed E-state index contributed by atoms with van der Waals surface area (Å²) < 4.78 is 5.16. The lowest BCUT2D eigenvalue weighted by atomic mass is 10.0. The fraction of sp³-hybridized carbons (Fsp3) is 0.333. The summed E-state index contributed by atoms with van der Waals surface area (Å²) in [6.07, 6.45) is 6.20. The van der Waals surface area contributed by atoms with Gasteiger partial charge in [-0.1, -0.05) is 12.1 Å². The van der Waals surface area contributed by atoms with Crippen LogP contribution in [0.1, 0.15) is 24.0 Å². The fourth-order valence-corrected chi connectivity index (χ4v) is 2.06. The van der Waals surface area contributed by atoms with E-state index in [9.17, 15) is 0 Å². The van der Waals surface area contributed by atoms with Crippen LogP contribution in [0.2, 0.25) is 0 Å². The minimum Gasteiger partial charge on any atom is -0.472 e. The number of benzene rings is 1. The molecular formula is C15H17NO. The van der Waals surface area contributed by atoms with Crippen LogP contribution in [0.3, 0.4) is 0 Å². The van der Waals surface area contributed by atoms with Gasteiger partial charge < -0.3 is 9.73 Å². The molecule has 1 N–H and O–H groups in total. The predicted molar refractivity (Wildman–Crippen MR) is 68.7 cm³/mol. The SMILES string of the molecule is Cc1ccc(CNC2CC2)cc1-c1ccoc1. The molecule has 88 valence electrons. The van der Waals surface area contributed by atoms with Crippen LogP contribution in [0, 0.1) is 6.92 Å². The molecule has 0 amide bonds. The third-order valence-electron chi connectivity index (χ3n) is 3.31.